The molecule has 30 heavy (non-hydrogen) atoms. The van der Waals surface area contributed by atoms with Gasteiger partial charge in [0.25, 0.3) is 0 Å². The largest absolute Gasteiger partial charge is 0.522 e. The van der Waals surface area contributed by atoms with E-state index in [2.05, 4.69) is 20.1 Å². The van der Waals surface area contributed by atoms with Gasteiger partial charge in [0, 0.05) is 25.6 Å². The Bertz CT molecular complexity index is 891. The van der Waals surface area contributed by atoms with E-state index in [1.165, 1.54) is 15.8 Å². The molecule has 1 atom stereocenters. The Morgan fingerprint density at radius 1 is 1.27 bits per heavy atom. The third-order valence-electron chi connectivity index (χ3n) is 5.23. The van der Waals surface area contributed by atoms with E-state index in [-0.39, 0.29) is 43.2 Å². The van der Waals surface area contributed by atoms with Gasteiger partial charge in [-0.15, -0.1) is 38.0 Å². The fraction of sp³-hybridized carbons (Fsp3) is 0.588. The number of hydrogen-bond acceptors (Lipinski definition) is 5. The zero-order valence-electron chi connectivity index (χ0n) is 15.7. The number of hydrogen-bond donors (Lipinski definition) is 1. The molecule has 0 unspecified atom stereocenters. The second-order valence-corrected chi connectivity index (χ2v) is 7.05. The van der Waals surface area contributed by atoms with E-state index < -0.39 is 24.8 Å². The molecule has 2 aliphatic heterocycles. The highest BCUT2D eigenvalue weighted by atomic mass is 35.5. The summed E-state index contributed by atoms with van der Waals surface area (Å²) in [7, 11) is 0. The molecule has 2 aromatic heterocycles. The van der Waals surface area contributed by atoms with Crippen molar-refractivity contribution < 1.29 is 27.1 Å². The first-order valence-electron chi connectivity index (χ1n) is 9.04. The van der Waals surface area contributed by atoms with E-state index in [1.54, 1.807) is 0 Å². The zero-order valence-corrected chi connectivity index (χ0v) is 17.3. The SMILES string of the molecule is Cl.Cl.O=C(Cn1nc(C2CNC2)c2c(F)cncc21)N1CCC[C@H]1COC(F)(F)F. The lowest BCUT2D eigenvalue weighted by atomic mass is 9.97. The minimum absolute atomic E-state index is 0. The first kappa shape index (κ1) is 24.6. The van der Waals surface area contributed by atoms with Gasteiger partial charge in [0.15, 0.2) is 5.82 Å². The van der Waals surface area contributed by atoms with Gasteiger partial charge in [0.05, 0.1) is 41.6 Å². The highest BCUT2D eigenvalue weighted by Crippen LogP contribution is 2.29. The second-order valence-electron chi connectivity index (χ2n) is 7.05. The van der Waals surface area contributed by atoms with Crippen LogP contribution in [-0.2, 0) is 16.1 Å². The number of nitrogens with one attached hydrogen (secondary N) is 1. The van der Waals surface area contributed by atoms with Crippen LogP contribution in [0.3, 0.4) is 0 Å². The molecule has 2 aliphatic rings. The molecule has 0 saturated carbocycles. The van der Waals surface area contributed by atoms with Crippen LogP contribution in [0, 0.1) is 5.82 Å². The van der Waals surface area contributed by atoms with Crippen molar-refractivity contribution in [1.82, 2.24) is 25.0 Å². The average Bonchev–Trinajstić information content (AvgIpc) is 3.17. The third-order valence-corrected chi connectivity index (χ3v) is 5.23. The van der Waals surface area contributed by atoms with Crippen molar-refractivity contribution >= 4 is 41.6 Å². The van der Waals surface area contributed by atoms with E-state index in [0.29, 0.717) is 49.1 Å². The maximum absolute atomic E-state index is 14.3. The lowest BCUT2D eigenvalue weighted by Gasteiger charge is -2.26. The quantitative estimate of drug-likeness (QED) is 0.675. The van der Waals surface area contributed by atoms with E-state index in [4.69, 9.17) is 0 Å². The lowest BCUT2D eigenvalue weighted by Crippen LogP contribution is -2.41. The van der Waals surface area contributed by atoms with Gasteiger partial charge >= 0.3 is 6.36 Å². The summed E-state index contributed by atoms with van der Waals surface area (Å²) in [5.41, 5.74) is 0.970. The first-order valence-corrected chi connectivity index (χ1v) is 9.04. The van der Waals surface area contributed by atoms with E-state index in [9.17, 15) is 22.4 Å². The molecule has 13 heteroatoms. The standard InChI is InChI=1S/C17H19F4N5O2.2ClH/c18-12-6-23-7-13-15(12)16(10-4-22-5-10)24-26(13)8-14(27)25-3-1-2-11(25)9-28-17(19,20)21;;/h6-7,10-11,22H,1-5,8-9H2;2*1H/t11-;;/m0../s1. The van der Waals surface area contributed by atoms with Crippen LogP contribution in [0.4, 0.5) is 17.6 Å². The van der Waals surface area contributed by atoms with Crippen LogP contribution in [0.15, 0.2) is 12.4 Å². The fourth-order valence-corrected chi connectivity index (χ4v) is 3.74. The number of amides is 1. The minimum Gasteiger partial charge on any atom is -0.336 e. The number of carbonyl (C=O) groups excluding carboxylic acids is 1. The van der Waals surface area contributed by atoms with Crippen molar-refractivity contribution in [3.63, 3.8) is 0 Å². The minimum atomic E-state index is -4.73. The molecular formula is C17H21Cl2F4N5O2. The number of nitrogens with zero attached hydrogens (tertiary/aromatic N) is 4. The highest BCUT2D eigenvalue weighted by Gasteiger charge is 2.35. The second kappa shape index (κ2) is 9.63. The molecule has 4 heterocycles. The van der Waals surface area contributed by atoms with Gasteiger partial charge in [-0.2, -0.15) is 5.10 Å². The van der Waals surface area contributed by atoms with Gasteiger partial charge in [0.2, 0.25) is 5.91 Å². The third kappa shape index (κ3) is 4.96. The maximum atomic E-state index is 14.3. The van der Waals surface area contributed by atoms with Gasteiger partial charge < -0.3 is 10.2 Å². The molecule has 2 fully saturated rings. The first-order chi connectivity index (χ1) is 13.3. The highest BCUT2D eigenvalue weighted by molar-refractivity contribution is 5.86. The van der Waals surface area contributed by atoms with Gasteiger partial charge in [0.1, 0.15) is 6.54 Å². The smallest absolute Gasteiger partial charge is 0.336 e. The number of alkyl halides is 3. The Morgan fingerprint density at radius 2 is 2.00 bits per heavy atom. The van der Waals surface area contributed by atoms with Gasteiger partial charge in [-0.1, -0.05) is 0 Å². The van der Waals surface area contributed by atoms with Gasteiger partial charge in [-0.05, 0) is 12.8 Å². The van der Waals surface area contributed by atoms with E-state index in [1.807, 2.05) is 0 Å². The van der Waals surface area contributed by atoms with Gasteiger partial charge in [-0.3, -0.25) is 19.2 Å². The number of pyridine rings is 1. The Balaban J connectivity index is 0.00000160. The maximum Gasteiger partial charge on any atom is 0.522 e. The van der Waals surface area contributed by atoms with Gasteiger partial charge in [-0.25, -0.2) is 4.39 Å². The monoisotopic (exact) mass is 473 g/mol. The molecule has 1 amide bonds. The summed E-state index contributed by atoms with van der Waals surface area (Å²) < 4.78 is 56.6. The van der Waals surface area contributed by atoms with Crippen LogP contribution in [0.2, 0.25) is 0 Å². The number of likely N-dealkylation sites (tertiary alicyclic amines) is 1. The normalized spacial score (nSPS) is 19.3. The molecule has 0 spiro atoms. The van der Waals surface area contributed by atoms with E-state index >= 15 is 0 Å². The molecule has 0 bridgehead atoms. The molecule has 4 rings (SSSR count). The summed E-state index contributed by atoms with van der Waals surface area (Å²) in [5.74, 6) is -0.827. The van der Waals surface area contributed by atoms with Crippen LogP contribution in [0.1, 0.15) is 24.5 Å². The Kier molecular flexibility index (Phi) is 7.89. The predicted octanol–water partition coefficient (Wildman–Crippen LogP) is 2.63. The Labute approximate surface area is 181 Å². The molecule has 0 aromatic carbocycles. The molecule has 2 aromatic rings. The number of aromatic nitrogens is 3. The number of fused-ring (bicyclic) bond motifs is 1. The molecule has 0 radical (unpaired) electrons. The average molecular weight is 474 g/mol. The van der Waals surface area contributed by atoms with Crippen molar-refractivity contribution in [3.8, 4) is 0 Å². The van der Waals surface area contributed by atoms with Crippen molar-refractivity contribution in [3.05, 3.63) is 23.9 Å². The number of carbonyl (C=O) groups is 1. The molecule has 7 nitrogen and oxygen atoms in total. The Morgan fingerprint density at radius 3 is 2.63 bits per heavy atom. The number of halogens is 6. The summed E-state index contributed by atoms with van der Waals surface area (Å²) in [6, 6.07) is -0.638. The summed E-state index contributed by atoms with van der Waals surface area (Å²) in [5, 5.41) is 7.87. The van der Waals surface area contributed by atoms with Crippen molar-refractivity contribution in [2.75, 3.05) is 26.2 Å². The van der Waals surface area contributed by atoms with Crippen LogP contribution < -0.4 is 5.32 Å². The molecular weight excluding hydrogens is 453 g/mol. The van der Waals surface area contributed by atoms with Crippen molar-refractivity contribution in [2.24, 2.45) is 0 Å². The molecule has 2 saturated heterocycles. The van der Waals surface area contributed by atoms with Crippen molar-refractivity contribution in [1.29, 1.82) is 0 Å². The number of ether oxygens (including phenoxy) is 1. The number of rotatable bonds is 5. The van der Waals surface area contributed by atoms with Crippen LogP contribution in [-0.4, -0.2) is 64.2 Å². The fourth-order valence-electron chi connectivity index (χ4n) is 3.74. The summed E-state index contributed by atoms with van der Waals surface area (Å²) in [6.45, 7) is 0.917. The lowest BCUT2D eigenvalue weighted by molar-refractivity contribution is -0.327. The van der Waals surface area contributed by atoms with Crippen LogP contribution >= 0.6 is 24.8 Å². The van der Waals surface area contributed by atoms with E-state index in [0.717, 1.165) is 6.20 Å². The Hall–Kier alpha value is -1.69. The predicted molar refractivity (Wildman–Crippen MR) is 104 cm³/mol. The van der Waals surface area contributed by atoms with Crippen molar-refractivity contribution in [2.45, 2.75) is 37.7 Å². The summed E-state index contributed by atoms with van der Waals surface area (Å²) in [4.78, 5) is 18.0. The summed E-state index contributed by atoms with van der Waals surface area (Å²) >= 11 is 0. The zero-order chi connectivity index (χ0) is 19.9. The molecule has 0 aliphatic carbocycles. The topological polar surface area (TPSA) is 72.3 Å². The van der Waals surface area contributed by atoms with Crippen LogP contribution in [0.25, 0.3) is 10.9 Å². The summed E-state index contributed by atoms with van der Waals surface area (Å²) in [6.07, 6.45) is -1.13. The molecule has 168 valence electrons. The molecule has 1 N–H and O–H groups in total. The van der Waals surface area contributed by atoms with Crippen LogP contribution in [0.5, 0.6) is 0 Å².